The Morgan fingerprint density at radius 1 is 1.03 bits per heavy atom. The fraction of sp³-hybridized carbons (Fsp3) is 0.360. The van der Waals surface area contributed by atoms with Gasteiger partial charge in [-0.25, -0.2) is 8.42 Å². The van der Waals surface area contributed by atoms with Crippen LogP contribution in [0.25, 0.3) is 10.9 Å². The van der Waals surface area contributed by atoms with E-state index in [0.29, 0.717) is 41.2 Å². The smallest absolute Gasteiger partial charge is 0.242 e. The van der Waals surface area contributed by atoms with Gasteiger partial charge in [0, 0.05) is 41.9 Å². The number of ether oxygens (including phenoxy) is 3. The number of fused-ring (bicyclic) bond motifs is 2. The van der Waals surface area contributed by atoms with Crippen LogP contribution in [-0.2, 0) is 30.7 Å². The number of aromatic nitrogens is 1. The third-order valence-electron chi connectivity index (χ3n) is 6.14. The van der Waals surface area contributed by atoms with Gasteiger partial charge in [-0.15, -0.1) is 0 Å². The first kappa shape index (κ1) is 24.1. The number of rotatable bonds is 6. The van der Waals surface area contributed by atoms with Crippen LogP contribution < -0.4 is 14.8 Å². The SMILES string of the molecule is CC1CN(C(=O)Cn2cc(S(=O)(=O)CC(=O)Nc3ccc4c(c3)OCO4)c3ccccc32)CC(C)O1. The molecule has 3 aromatic rings. The molecule has 190 valence electrons. The van der Waals surface area contributed by atoms with Crippen molar-refractivity contribution in [2.24, 2.45) is 0 Å². The summed E-state index contributed by atoms with van der Waals surface area (Å²) in [6, 6.07) is 11.8. The number of nitrogens with zero attached hydrogens (tertiary/aromatic N) is 2. The molecule has 0 saturated carbocycles. The Morgan fingerprint density at radius 2 is 1.75 bits per heavy atom. The third-order valence-corrected chi connectivity index (χ3v) is 7.78. The van der Waals surface area contributed by atoms with Crippen molar-refractivity contribution < 1.29 is 32.2 Å². The molecule has 5 rings (SSSR count). The topological polar surface area (TPSA) is 116 Å². The molecule has 2 atom stereocenters. The average molecular weight is 514 g/mol. The molecular formula is C25H27N3O7S. The Balaban J connectivity index is 1.35. The summed E-state index contributed by atoms with van der Waals surface area (Å²) in [5, 5.41) is 3.07. The molecule has 2 aliphatic heterocycles. The van der Waals surface area contributed by atoms with Crippen molar-refractivity contribution in [2.45, 2.75) is 37.5 Å². The molecule has 36 heavy (non-hydrogen) atoms. The molecule has 10 nitrogen and oxygen atoms in total. The van der Waals surface area contributed by atoms with Gasteiger partial charge in [-0.2, -0.15) is 0 Å². The van der Waals surface area contributed by atoms with Crippen LogP contribution in [0.1, 0.15) is 13.8 Å². The molecule has 1 fully saturated rings. The van der Waals surface area contributed by atoms with Gasteiger partial charge in [0.25, 0.3) is 0 Å². The van der Waals surface area contributed by atoms with E-state index in [1.165, 1.54) is 6.20 Å². The molecule has 11 heteroatoms. The predicted molar refractivity (Wildman–Crippen MR) is 132 cm³/mol. The van der Waals surface area contributed by atoms with E-state index in [1.807, 2.05) is 13.8 Å². The van der Waals surface area contributed by atoms with Gasteiger partial charge < -0.3 is 29.0 Å². The van der Waals surface area contributed by atoms with E-state index < -0.39 is 21.5 Å². The largest absolute Gasteiger partial charge is 0.454 e. The molecule has 2 aliphatic rings. The highest BCUT2D eigenvalue weighted by molar-refractivity contribution is 7.92. The van der Waals surface area contributed by atoms with Gasteiger partial charge in [0.1, 0.15) is 12.3 Å². The van der Waals surface area contributed by atoms with Crippen molar-refractivity contribution in [3.63, 3.8) is 0 Å². The molecule has 2 amide bonds. The van der Waals surface area contributed by atoms with Gasteiger partial charge >= 0.3 is 0 Å². The van der Waals surface area contributed by atoms with Gasteiger partial charge in [-0.3, -0.25) is 9.59 Å². The van der Waals surface area contributed by atoms with Crippen LogP contribution >= 0.6 is 0 Å². The number of nitrogens with one attached hydrogen (secondary N) is 1. The van der Waals surface area contributed by atoms with Gasteiger partial charge in [0.05, 0.1) is 17.1 Å². The standard InChI is InChI=1S/C25H27N3O7S/c1-16-10-28(11-17(2)35-16)25(30)13-27-12-23(19-5-3-4-6-20(19)27)36(31,32)14-24(29)26-18-7-8-21-22(9-18)34-15-33-21/h3-9,12,16-17H,10-11,13-15H2,1-2H3,(H,26,29). The second-order valence-electron chi connectivity index (χ2n) is 9.07. The lowest BCUT2D eigenvalue weighted by Gasteiger charge is -2.35. The Hall–Kier alpha value is -3.57. The van der Waals surface area contributed by atoms with E-state index in [9.17, 15) is 18.0 Å². The minimum absolute atomic E-state index is 0.00968. The van der Waals surface area contributed by atoms with Crippen LogP contribution in [0, 0.1) is 0 Å². The molecule has 1 aromatic heterocycles. The van der Waals surface area contributed by atoms with E-state index in [2.05, 4.69) is 5.32 Å². The fourth-order valence-electron chi connectivity index (χ4n) is 4.64. The molecule has 1 N–H and O–H groups in total. The molecular weight excluding hydrogens is 486 g/mol. The monoisotopic (exact) mass is 513 g/mol. The summed E-state index contributed by atoms with van der Waals surface area (Å²) in [7, 11) is -4.01. The van der Waals surface area contributed by atoms with Gasteiger partial charge in [-0.1, -0.05) is 18.2 Å². The first-order valence-corrected chi connectivity index (χ1v) is 13.3. The Morgan fingerprint density at radius 3 is 2.53 bits per heavy atom. The van der Waals surface area contributed by atoms with Crippen LogP contribution in [0.4, 0.5) is 5.69 Å². The number of benzene rings is 2. The highest BCUT2D eigenvalue weighted by Crippen LogP contribution is 2.34. The highest BCUT2D eigenvalue weighted by atomic mass is 32.2. The van der Waals surface area contributed by atoms with Crippen LogP contribution in [0.5, 0.6) is 11.5 Å². The molecule has 0 radical (unpaired) electrons. The molecule has 0 bridgehead atoms. The summed E-state index contributed by atoms with van der Waals surface area (Å²) >= 11 is 0. The van der Waals surface area contributed by atoms with Crippen LogP contribution in [-0.4, -0.2) is 67.5 Å². The Bertz CT molecular complexity index is 1420. The third kappa shape index (κ3) is 4.89. The minimum atomic E-state index is -4.01. The summed E-state index contributed by atoms with van der Waals surface area (Å²) in [6.07, 6.45) is 1.30. The zero-order valence-corrected chi connectivity index (χ0v) is 20.8. The zero-order valence-electron chi connectivity index (χ0n) is 20.0. The summed E-state index contributed by atoms with van der Waals surface area (Å²) < 4.78 is 44.5. The lowest BCUT2D eigenvalue weighted by molar-refractivity contribution is -0.143. The maximum Gasteiger partial charge on any atom is 0.242 e. The van der Waals surface area contributed by atoms with Crippen LogP contribution in [0.2, 0.25) is 0 Å². The van der Waals surface area contributed by atoms with Crippen molar-refractivity contribution in [3.05, 3.63) is 48.7 Å². The van der Waals surface area contributed by atoms with E-state index >= 15 is 0 Å². The van der Waals surface area contributed by atoms with E-state index in [-0.39, 0.29) is 36.3 Å². The van der Waals surface area contributed by atoms with Crippen molar-refractivity contribution in [1.29, 1.82) is 0 Å². The maximum atomic E-state index is 13.3. The molecule has 2 aromatic carbocycles. The lowest BCUT2D eigenvalue weighted by Crippen LogP contribution is -2.49. The number of para-hydroxylation sites is 1. The summed E-state index contributed by atoms with van der Waals surface area (Å²) in [6.45, 7) is 4.87. The van der Waals surface area contributed by atoms with Crippen molar-refractivity contribution >= 4 is 38.2 Å². The Labute approximate surface area is 208 Å². The van der Waals surface area contributed by atoms with Crippen LogP contribution in [0.15, 0.2) is 53.6 Å². The second kappa shape index (κ2) is 9.47. The number of carbonyl (C=O) groups excluding carboxylic acids is 2. The van der Waals surface area contributed by atoms with Gasteiger partial charge in [0.2, 0.25) is 18.6 Å². The Kier molecular flexibility index (Phi) is 6.35. The number of hydrogen-bond donors (Lipinski definition) is 1. The van der Waals surface area contributed by atoms with Gasteiger partial charge in [0.15, 0.2) is 21.3 Å². The van der Waals surface area contributed by atoms with E-state index in [1.54, 1.807) is 51.9 Å². The molecule has 0 aliphatic carbocycles. The molecule has 0 spiro atoms. The highest BCUT2D eigenvalue weighted by Gasteiger charge is 2.28. The minimum Gasteiger partial charge on any atom is -0.454 e. The predicted octanol–water partition coefficient (Wildman–Crippen LogP) is 2.42. The van der Waals surface area contributed by atoms with Crippen molar-refractivity contribution in [2.75, 3.05) is 31.0 Å². The summed E-state index contributed by atoms with van der Waals surface area (Å²) in [4.78, 5) is 27.4. The number of carbonyl (C=O) groups is 2. The number of sulfone groups is 1. The first-order valence-electron chi connectivity index (χ1n) is 11.6. The van der Waals surface area contributed by atoms with Crippen LogP contribution in [0.3, 0.4) is 0 Å². The number of hydrogen-bond acceptors (Lipinski definition) is 7. The van der Waals surface area contributed by atoms with Crippen molar-refractivity contribution in [3.8, 4) is 11.5 Å². The molecule has 2 unspecified atom stereocenters. The molecule has 3 heterocycles. The normalized spacial score (nSPS) is 19.4. The number of amides is 2. The number of morpholine rings is 1. The summed E-state index contributed by atoms with van der Waals surface area (Å²) in [5.41, 5.74) is 1.01. The number of anilines is 1. The average Bonchev–Trinajstić information content (AvgIpc) is 3.43. The van der Waals surface area contributed by atoms with Gasteiger partial charge in [-0.05, 0) is 32.0 Å². The first-order chi connectivity index (χ1) is 17.2. The second-order valence-corrected chi connectivity index (χ2v) is 11.0. The molecule has 1 saturated heterocycles. The quantitative estimate of drug-likeness (QED) is 0.538. The maximum absolute atomic E-state index is 13.3. The van der Waals surface area contributed by atoms with E-state index in [0.717, 1.165) is 0 Å². The fourth-order valence-corrected chi connectivity index (χ4v) is 6.01. The lowest BCUT2D eigenvalue weighted by atomic mass is 10.2. The van der Waals surface area contributed by atoms with E-state index in [4.69, 9.17) is 14.2 Å². The van der Waals surface area contributed by atoms with Crippen molar-refractivity contribution in [1.82, 2.24) is 9.47 Å². The zero-order chi connectivity index (χ0) is 25.4. The summed E-state index contributed by atoms with van der Waals surface area (Å²) in [5.74, 6) is -0.515.